The second-order valence-electron chi connectivity index (χ2n) is 4.31. The van der Waals surface area contributed by atoms with Gasteiger partial charge in [-0.25, -0.2) is 9.59 Å². The highest BCUT2D eigenvalue weighted by atomic mass is 79.9. The van der Waals surface area contributed by atoms with E-state index in [4.69, 9.17) is 5.11 Å². The van der Waals surface area contributed by atoms with Crippen molar-refractivity contribution in [1.29, 1.82) is 0 Å². The number of likely N-dealkylation sites (N-methyl/N-ethyl adjacent to an activating group) is 1. The summed E-state index contributed by atoms with van der Waals surface area (Å²) in [4.78, 5) is 25.0. The SMILES string of the molecule is CN(C(=O)NCc1cc(Br)cs1)C(C)(C)C(=O)O. The zero-order valence-corrected chi connectivity index (χ0v) is 12.8. The highest BCUT2D eigenvalue weighted by Crippen LogP contribution is 2.19. The number of carbonyl (C=O) groups is 2. The first kappa shape index (κ1) is 15.0. The predicted octanol–water partition coefficient (Wildman–Crippen LogP) is 2.52. The lowest BCUT2D eigenvalue weighted by atomic mass is 10.1. The van der Waals surface area contributed by atoms with Crippen molar-refractivity contribution in [2.24, 2.45) is 0 Å². The number of hydrogen-bond acceptors (Lipinski definition) is 3. The molecule has 0 aromatic carbocycles. The number of nitrogens with zero attached hydrogens (tertiary/aromatic N) is 1. The summed E-state index contributed by atoms with van der Waals surface area (Å²) in [5, 5.41) is 13.6. The lowest BCUT2D eigenvalue weighted by Crippen LogP contribution is -2.53. The van der Waals surface area contributed by atoms with Crippen LogP contribution in [0.15, 0.2) is 15.9 Å². The van der Waals surface area contributed by atoms with E-state index < -0.39 is 17.5 Å². The Morgan fingerprint density at radius 3 is 2.61 bits per heavy atom. The van der Waals surface area contributed by atoms with Gasteiger partial charge in [-0.1, -0.05) is 0 Å². The summed E-state index contributed by atoms with van der Waals surface area (Å²) in [5.74, 6) is -1.04. The quantitative estimate of drug-likeness (QED) is 0.888. The standard InChI is InChI=1S/C11H15BrN2O3S/c1-11(2,9(15)16)14(3)10(17)13-5-8-4-7(12)6-18-8/h4,6H,5H2,1-3H3,(H,13,17)(H,15,16). The van der Waals surface area contributed by atoms with Crippen LogP contribution in [0, 0.1) is 0 Å². The van der Waals surface area contributed by atoms with Crippen LogP contribution in [-0.4, -0.2) is 34.6 Å². The number of halogens is 1. The third-order valence-corrected chi connectivity index (χ3v) is 4.40. The van der Waals surface area contributed by atoms with E-state index in [1.165, 1.54) is 37.1 Å². The maximum atomic E-state index is 11.8. The number of carboxylic acid groups (broad SMARTS) is 1. The van der Waals surface area contributed by atoms with Crippen LogP contribution in [0.25, 0.3) is 0 Å². The molecular formula is C11H15BrN2O3S. The molecule has 0 saturated carbocycles. The number of nitrogens with one attached hydrogen (secondary N) is 1. The Kier molecular flexibility index (Phi) is 4.75. The molecule has 0 aliphatic rings. The number of thiophene rings is 1. The van der Waals surface area contributed by atoms with Crippen LogP contribution in [-0.2, 0) is 11.3 Å². The molecule has 0 spiro atoms. The van der Waals surface area contributed by atoms with E-state index in [2.05, 4.69) is 21.2 Å². The molecule has 0 atom stereocenters. The van der Waals surface area contributed by atoms with Gasteiger partial charge in [0.15, 0.2) is 0 Å². The van der Waals surface area contributed by atoms with Crippen molar-refractivity contribution in [3.63, 3.8) is 0 Å². The van der Waals surface area contributed by atoms with Gasteiger partial charge in [0.05, 0.1) is 6.54 Å². The molecule has 5 nitrogen and oxygen atoms in total. The van der Waals surface area contributed by atoms with Crippen molar-refractivity contribution in [2.75, 3.05) is 7.05 Å². The second kappa shape index (κ2) is 5.71. The van der Waals surface area contributed by atoms with Crippen molar-refractivity contribution < 1.29 is 14.7 Å². The average Bonchev–Trinajstić information content (AvgIpc) is 2.70. The molecule has 2 amide bonds. The number of urea groups is 1. The van der Waals surface area contributed by atoms with Gasteiger partial charge in [-0.2, -0.15) is 0 Å². The lowest BCUT2D eigenvalue weighted by Gasteiger charge is -2.31. The fourth-order valence-corrected chi connectivity index (χ4v) is 2.52. The third kappa shape index (κ3) is 3.46. The molecule has 0 radical (unpaired) electrons. The molecule has 0 unspecified atom stereocenters. The van der Waals surface area contributed by atoms with Crippen LogP contribution < -0.4 is 5.32 Å². The summed E-state index contributed by atoms with van der Waals surface area (Å²) in [6, 6.07) is 1.50. The minimum Gasteiger partial charge on any atom is -0.480 e. The molecule has 2 N–H and O–H groups in total. The van der Waals surface area contributed by atoms with Gasteiger partial charge in [0.1, 0.15) is 5.54 Å². The van der Waals surface area contributed by atoms with Gasteiger partial charge in [-0.05, 0) is 35.8 Å². The Labute approximate surface area is 118 Å². The van der Waals surface area contributed by atoms with Crippen LogP contribution in [0.1, 0.15) is 18.7 Å². The number of carbonyl (C=O) groups excluding carboxylic acids is 1. The van der Waals surface area contributed by atoms with Gasteiger partial charge in [0, 0.05) is 21.8 Å². The second-order valence-corrected chi connectivity index (χ2v) is 6.22. The number of amides is 2. The normalized spacial score (nSPS) is 11.1. The highest BCUT2D eigenvalue weighted by molar-refractivity contribution is 9.10. The summed E-state index contributed by atoms with van der Waals surface area (Å²) in [7, 11) is 1.47. The van der Waals surface area contributed by atoms with E-state index in [0.717, 1.165) is 9.35 Å². The lowest BCUT2D eigenvalue weighted by molar-refractivity contribution is -0.146. The maximum absolute atomic E-state index is 11.8. The fourth-order valence-electron chi connectivity index (χ4n) is 1.13. The van der Waals surface area contributed by atoms with Crippen molar-refractivity contribution >= 4 is 39.3 Å². The number of aliphatic carboxylic acids is 1. The molecule has 0 aliphatic heterocycles. The van der Waals surface area contributed by atoms with Crippen molar-refractivity contribution in [2.45, 2.75) is 25.9 Å². The number of rotatable bonds is 4. The number of hydrogen-bond donors (Lipinski definition) is 2. The van der Waals surface area contributed by atoms with Crippen LogP contribution in [0.5, 0.6) is 0 Å². The maximum Gasteiger partial charge on any atom is 0.329 e. The van der Waals surface area contributed by atoms with Crippen LogP contribution in [0.2, 0.25) is 0 Å². The Hall–Kier alpha value is -1.08. The van der Waals surface area contributed by atoms with Crippen molar-refractivity contribution in [1.82, 2.24) is 10.2 Å². The molecule has 1 aromatic rings. The summed E-state index contributed by atoms with van der Waals surface area (Å²) in [6.45, 7) is 3.35. The smallest absolute Gasteiger partial charge is 0.329 e. The number of carboxylic acids is 1. The van der Waals surface area contributed by atoms with E-state index in [0.29, 0.717) is 6.54 Å². The van der Waals surface area contributed by atoms with Gasteiger partial charge in [0.25, 0.3) is 0 Å². The Balaban J connectivity index is 2.58. The molecule has 1 aromatic heterocycles. The minimum atomic E-state index is -1.24. The highest BCUT2D eigenvalue weighted by Gasteiger charge is 2.35. The Morgan fingerprint density at radius 1 is 1.56 bits per heavy atom. The first-order valence-corrected chi connectivity index (χ1v) is 6.90. The van der Waals surface area contributed by atoms with Gasteiger partial charge < -0.3 is 15.3 Å². The monoisotopic (exact) mass is 334 g/mol. The van der Waals surface area contributed by atoms with E-state index >= 15 is 0 Å². The minimum absolute atomic E-state index is 0.384. The van der Waals surface area contributed by atoms with E-state index in [-0.39, 0.29) is 0 Å². The first-order valence-electron chi connectivity index (χ1n) is 5.23. The summed E-state index contributed by atoms with van der Waals surface area (Å²) < 4.78 is 0.968. The van der Waals surface area contributed by atoms with Crippen LogP contribution >= 0.6 is 27.3 Å². The Morgan fingerprint density at radius 2 is 2.17 bits per heavy atom. The van der Waals surface area contributed by atoms with Crippen molar-refractivity contribution in [3.05, 3.63) is 20.8 Å². The van der Waals surface area contributed by atoms with E-state index in [9.17, 15) is 9.59 Å². The third-order valence-electron chi connectivity index (χ3n) is 2.70. The summed E-state index contributed by atoms with van der Waals surface area (Å²) in [6.07, 6.45) is 0. The zero-order chi connectivity index (χ0) is 13.9. The largest absolute Gasteiger partial charge is 0.480 e. The molecule has 7 heteroatoms. The van der Waals surface area contributed by atoms with Gasteiger partial charge in [-0.15, -0.1) is 11.3 Å². The summed E-state index contributed by atoms with van der Waals surface area (Å²) in [5.41, 5.74) is -1.24. The average molecular weight is 335 g/mol. The molecule has 18 heavy (non-hydrogen) atoms. The molecule has 1 rings (SSSR count). The molecule has 0 saturated heterocycles. The predicted molar refractivity (Wildman–Crippen MR) is 73.7 cm³/mol. The zero-order valence-electron chi connectivity index (χ0n) is 10.4. The molecule has 0 fully saturated rings. The van der Waals surface area contributed by atoms with Crippen molar-refractivity contribution in [3.8, 4) is 0 Å². The first-order chi connectivity index (χ1) is 8.25. The van der Waals surface area contributed by atoms with Crippen LogP contribution in [0.3, 0.4) is 0 Å². The van der Waals surface area contributed by atoms with Crippen LogP contribution in [0.4, 0.5) is 4.79 Å². The summed E-state index contributed by atoms with van der Waals surface area (Å²) >= 11 is 4.85. The Bertz CT molecular complexity index is 459. The molecular weight excluding hydrogens is 320 g/mol. The molecule has 100 valence electrons. The van der Waals surface area contributed by atoms with Gasteiger partial charge in [-0.3, -0.25) is 0 Å². The molecule has 0 bridgehead atoms. The van der Waals surface area contributed by atoms with E-state index in [1.807, 2.05) is 11.4 Å². The van der Waals surface area contributed by atoms with E-state index in [1.54, 1.807) is 0 Å². The topological polar surface area (TPSA) is 69.6 Å². The van der Waals surface area contributed by atoms with Gasteiger partial charge in [0.2, 0.25) is 0 Å². The molecule has 0 aliphatic carbocycles. The van der Waals surface area contributed by atoms with Gasteiger partial charge >= 0.3 is 12.0 Å². The molecule has 1 heterocycles. The fraction of sp³-hybridized carbons (Fsp3) is 0.455.